The van der Waals surface area contributed by atoms with E-state index < -0.39 is 5.91 Å². The number of carbonyl (C=O) groups excluding carboxylic acids is 1. The summed E-state index contributed by atoms with van der Waals surface area (Å²) in [6.45, 7) is 3.90. The fourth-order valence-electron chi connectivity index (χ4n) is 0.374. The van der Waals surface area contributed by atoms with Crippen LogP contribution in [0.4, 0.5) is 0 Å². The molecular formula is C7H14N2O. The van der Waals surface area contributed by atoms with Gasteiger partial charge in [-0.25, -0.2) is 0 Å². The van der Waals surface area contributed by atoms with Crippen molar-refractivity contribution < 1.29 is 4.79 Å². The second-order valence-electron chi connectivity index (χ2n) is 2.71. The van der Waals surface area contributed by atoms with Crippen molar-refractivity contribution in [3.8, 4) is 0 Å². The number of carbonyl (C=O) groups is 1. The molecule has 0 aliphatic heterocycles. The largest absolute Gasteiger partial charge is 0.366 e. The van der Waals surface area contributed by atoms with Gasteiger partial charge in [-0.05, 0) is 20.9 Å². The van der Waals surface area contributed by atoms with Crippen LogP contribution in [0, 0.1) is 0 Å². The molecule has 0 saturated heterocycles. The lowest BCUT2D eigenvalue weighted by molar-refractivity contribution is -0.113. The molecule has 0 radical (unpaired) electrons. The Morgan fingerprint density at radius 1 is 1.60 bits per heavy atom. The van der Waals surface area contributed by atoms with E-state index in [0.29, 0.717) is 0 Å². The SMILES string of the molecule is CNC(C)(C)C=CC(N)=O. The van der Waals surface area contributed by atoms with Crippen LogP contribution in [0.3, 0.4) is 0 Å². The maximum absolute atomic E-state index is 10.3. The van der Waals surface area contributed by atoms with Crippen molar-refractivity contribution in [1.29, 1.82) is 0 Å². The predicted octanol–water partition coefficient (Wildman–Crippen LogP) is 0.0259. The molecule has 3 N–H and O–H groups in total. The predicted molar refractivity (Wildman–Crippen MR) is 41.5 cm³/mol. The summed E-state index contributed by atoms with van der Waals surface area (Å²) >= 11 is 0. The molecule has 58 valence electrons. The van der Waals surface area contributed by atoms with Crippen molar-refractivity contribution in [3.63, 3.8) is 0 Å². The van der Waals surface area contributed by atoms with Gasteiger partial charge in [-0.15, -0.1) is 0 Å². The number of nitrogens with two attached hydrogens (primary N) is 1. The topological polar surface area (TPSA) is 55.1 Å². The molecule has 10 heavy (non-hydrogen) atoms. The molecule has 0 atom stereocenters. The van der Waals surface area contributed by atoms with Gasteiger partial charge in [0.25, 0.3) is 0 Å². The standard InChI is InChI=1S/C7H14N2O/c1-7(2,9-3)5-4-6(8)10/h4-5,9H,1-3H3,(H2,8,10). The summed E-state index contributed by atoms with van der Waals surface area (Å²) in [4.78, 5) is 10.3. The average molecular weight is 142 g/mol. The highest BCUT2D eigenvalue weighted by Gasteiger charge is 2.08. The number of hydrogen-bond donors (Lipinski definition) is 2. The molecule has 0 rings (SSSR count). The second kappa shape index (κ2) is 3.37. The van der Waals surface area contributed by atoms with Crippen LogP contribution < -0.4 is 11.1 Å². The zero-order valence-corrected chi connectivity index (χ0v) is 6.64. The highest BCUT2D eigenvalue weighted by Crippen LogP contribution is 2.01. The van der Waals surface area contributed by atoms with Crippen LogP contribution in [-0.2, 0) is 4.79 Å². The van der Waals surface area contributed by atoms with E-state index in [-0.39, 0.29) is 5.54 Å². The zero-order valence-electron chi connectivity index (χ0n) is 6.64. The Kier molecular flexibility index (Phi) is 3.09. The Bertz CT molecular complexity index is 150. The van der Waals surface area contributed by atoms with Crippen LogP contribution in [0.1, 0.15) is 13.8 Å². The first kappa shape index (κ1) is 9.17. The van der Waals surface area contributed by atoms with Gasteiger partial charge in [0.1, 0.15) is 0 Å². The van der Waals surface area contributed by atoms with Crippen LogP contribution in [0.5, 0.6) is 0 Å². The minimum Gasteiger partial charge on any atom is -0.366 e. The van der Waals surface area contributed by atoms with Gasteiger partial charge in [-0.1, -0.05) is 6.08 Å². The molecule has 1 amide bonds. The average Bonchev–Trinajstić information content (AvgIpc) is 1.85. The molecule has 0 aliphatic carbocycles. The Morgan fingerprint density at radius 2 is 2.10 bits per heavy atom. The van der Waals surface area contributed by atoms with E-state index in [4.69, 9.17) is 5.73 Å². The van der Waals surface area contributed by atoms with Crippen LogP contribution >= 0.6 is 0 Å². The van der Waals surface area contributed by atoms with E-state index >= 15 is 0 Å². The Labute approximate surface area is 61.3 Å². The lowest BCUT2D eigenvalue weighted by Gasteiger charge is -2.18. The van der Waals surface area contributed by atoms with E-state index in [9.17, 15) is 4.79 Å². The van der Waals surface area contributed by atoms with Gasteiger partial charge in [0.2, 0.25) is 5.91 Å². The summed E-state index contributed by atoms with van der Waals surface area (Å²) in [5.74, 6) is -0.414. The third-order valence-corrected chi connectivity index (χ3v) is 1.31. The maximum atomic E-state index is 10.3. The number of nitrogens with one attached hydrogen (secondary N) is 1. The first-order valence-corrected chi connectivity index (χ1v) is 3.15. The summed E-state index contributed by atoms with van der Waals surface area (Å²) in [7, 11) is 1.82. The second-order valence-corrected chi connectivity index (χ2v) is 2.71. The van der Waals surface area contributed by atoms with Crippen molar-refractivity contribution >= 4 is 5.91 Å². The molecule has 0 aromatic carbocycles. The highest BCUT2D eigenvalue weighted by atomic mass is 16.1. The third-order valence-electron chi connectivity index (χ3n) is 1.31. The lowest BCUT2D eigenvalue weighted by Crippen LogP contribution is -2.33. The molecular weight excluding hydrogens is 128 g/mol. The summed E-state index contributed by atoms with van der Waals surface area (Å²) < 4.78 is 0. The Morgan fingerprint density at radius 3 is 2.40 bits per heavy atom. The quantitative estimate of drug-likeness (QED) is 0.546. The molecule has 0 fully saturated rings. The highest BCUT2D eigenvalue weighted by molar-refractivity contribution is 5.85. The van der Waals surface area contributed by atoms with E-state index in [1.807, 2.05) is 20.9 Å². The van der Waals surface area contributed by atoms with Crippen LogP contribution in [0.25, 0.3) is 0 Å². The number of primary amides is 1. The summed E-state index contributed by atoms with van der Waals surface area (Å²) in [6.07, 6.45) is 3.09. The van der Waals surface area contributed by atoms with Crippen LogP contribution in [-0.4, -0.2) is 18.5 Å². The van der Waals surface area contributed by atoms with Gasteiger partial charge in [0.05, 0.1) is 0 Å². The monoisotopic (exact) mass is 142 g/mol. The normalized spacial score (nSPS) is 12.3. The number of amides is 1. The fourth-order valence-corrected chi connectivity index (χ4v) is 0.374. The fraction of sp³-hybridized carbons (Fsp3) is 0.571. The Balaban J connectivity index is 3.99. The Hall–Kier alpha value is -0.830. The molecule has 0 aromatic heterocycles. The summed E-state index contributed by atoms with van der Waals surface area (Å²) in [5.41, 5.74) is 4.74. The molecule has 0 heterocycles. The van der Waals surface area contributed by atoms with E-state index in [1.54, 1.807) is 6.08 Å². The number of hydrogen-bond acceptors (Lipinski definition) is 2. The zero-order chi connectivity index (χ0) is 8.20. The summed E-state index contributed by atoms with van der Waals surface area (Å²) in [6, 6.07) is 0. The number of rotatable bonds is 3. The maximum Gasteiger partial charge on any atom is 0.241 e. The molecule has 0 spiro atoms. The van der Waals surface area contributed by atoms with Gasteiger partial charge in [0, 0.05) is 11.6 Å². The van der Waals surface area contributed by atoms with Gasteiger partial charge in [0.15, 0.2) is 0 Å². The smallest absolute Gasteiger partial charge is 0.241 e. The lowest BCUT2D eigenvalue weighted by atomic mass is 10.1. The van der Waals surface area contributed by atoms with Crippen molar-refractivity contribution in [2.45, 2.75) is 19.4 Å². The first-order chi connectivity index (χ1) is 4.48. The molecule has 0 bridgehead atoms. The number of likely N-dealkylation sites (N-methyl/N-ethyl adjacent to an activating group) is 1. The summed E-state index contributed by atoms with van der Waals surface area (Å²) in [5, 5.41) is 3.00. The van der Waals surface area contributed by atoms with E-state index in [1.165, 1.54) is 6.08 Å². The van der Waals surface area contributed by atoms with Gasteiger partial charge in [-0.3, -0.25) is 4.79 Å². The molecule has 0 saturated carbocycles. The van der Waals surface area contributed by atoms with Crippen molar-refractivity contribution in [2.75, 3.05) is 7.05 Å². The van der Waals surface area contributed by atoms with E-state index in [0.717, 1.165) is 0 Å². The van der Waals surface area contributed by atoms with Crippen LogP contribution in [0.15, 0.2) is 12.2 Å². The molecule has 0 aromatic rings. The van der Waals surface area contributed by atoms with E-state index in [2.05, 4.69) is 5.32 Å². The third kappa shape index (κ3) is 4.09. The van der Waals surface area contributed by atoms with Gasteiger partial charge >= 0.3 is 0 Å². The minimum atomic E-state index is -0.414. The molecule has 0 aliphatic rings. The van der Waals surface area contributed by atoms with Gasteiger partial charge in [-0.2, -0.15) is 0 Å². The molecule has 3 heteroatoms. The minimum absolute atomic E-state index is 0.158. The molecule has 0 unspecified atom stereocenters. The van der Waals surface area contributed by atoms with Crippen LogP contribution in [0.2, 0.25) is 0 Å². The van der Waals surface area contributed by atoms with Gasteiger partial charge < -0.3 is 11.1 Å². The van der Waals surface area contributed by atoms with Crippen molar-refractivity contribution in [2.24, 2.45) is 5.73 Å². The first-order valence-electron chi connectivity index (χ1n) is 3.15. The van der Waals surface area contributed by atoms with Crippen molar-refractivity contribution in [1.82, 2.24) is 5.32 Å². The molecule has 3 nitrogen and oxygen atoms in total. The van der Waals surface area contributed by atoms with Crippen molar-refractivity contribution in [3.05, 3.63) is 12.2 Å².